The van der Waals surface area contributed by atoms with E-state index in [-0.39, 0.29) is 5.92 Å². The van der Waals surface area contributed by atoms with Crippen molar-refractivity contribution in [3.63, 3.8) is 0 Å². The Morgan fingerprint density at radius 3 is 2.74 bits per heavy atom. The van der Waals surface area contributed by atoms with Gasteiger partial charge >= 0.3 is 5.97 Å². The van der Waals surface area contributed by atoms with Crippen LogP contribution in [0, 0.1) is 5.92 Å². The van der Waals surface area contributed by atoms with Crippen molar-refractivity contribution in [2.75, 3.05) is 5.32 Å². The predicted octanol–water partition coefficient (Wildman–Crippen LogP) is 2.55. The summed E-state index contributed by atoms with van der Waals surface area (Å²) in [6.45, 7) is 3.76. The van der Waals surface area contributed by atoms with Gasteiger partial charge in [-0.1, -0.05) is 19.9 Å². The van der Waals surface area contributed by atoms with Gasteiger partial charge in [-0.3, -0.25) is 4.98 Å². The molecule has 0 fully saturated rings. The van der Waals surface area contributed by atoms with Crippen LogP contribution in [0.4, 0.5) is 5.82 Å². The zero-order valence-electron chi connectivity index (χ0n) is 13.3. The maximum atomic E-state index is 11.5. The lowest BCUT2D eigenvalue weighted by Crippen LogP contribution is -2.35. The van der Waals surface area contributed by atoms with Gasteiger partial charge in [-0.2, -0.15) is 0 Å². The monoisotopic (exact) mass is 312 g/mol. The van der Waals surface area contributed by atoms with Crippen molar-refractivity contribution in [2.45, 2.75) is 39.2 Å². The number of nitrogens with one attached hydrogen (secondary N) is 1. The van der Waals surface area contributed by atoms with Crippen molar-refractivity contribution in [1.82, 2.24) is 15.0 Å². The second kappa shape index (κ2) is 6.32. The molecule has 3 rings (SSSR count). The molecule has 2 aromatic heterocycles. The maximum Gasteiger partial charge on any atom is 0.326 e. The average molecular weight is 312 g/mol. The van der Waals surface area contributed by atoms with Crippen LogP contribution in [0.1, 0.15) is 31.5 Å². The van der Waals surface area contributed by atoms with Crippen LogP contribution < -0.4 is 5.32 Å². The van der Waals surface area contributed by atoms with Gasteiger partial charge in [-0.15, -0.1) is 0 Å². The largest absolute Gasteiger partial charge is 0.480 e. The molecule has 0 aromatic carbocycles. The molecule has 0 saturated carbocycles. The molecule has 23 heavy (non-hydrogen) atoms. The molecular weight excluding hydrogens is 292 g/mol. The van der Waals surface area contributed by atoms with Crippen molar-refractivity contribution in [3.8, 4) is 11.5 Å². The molecule has 0 bridgehead atoms. The highest BCUT2D eigenvalue weighted by Crippen LogP contribution is 2.29. The number of fused-ring (bicyclic) bond motifs is 1. The fourth-order valence-electron chi connectivity index (χ4n) is 2.82. The Balaban J connectivity index is 2.02. The van der Waals surface area contributed by atoms with Crippen LogP contribution in [0.15, 0.2) is 24.4 Å². The minimum atomic E-state index is -0.871. The number of nitrogens with zero attached hydrogens (tertiary/aromatic N) is 3. The number of aliphatic carboxylic acids is 1. The number of rotatable bonds is 5. The molecular formula is C17H20N4O2. The number of carbonyl (C=O) groups is 1. The normalized spacial score (nSPS) is 14.6. The Bertz CT molecular complexity index is 716. The maximum absolute atomic E-state index is 11.5. The first-order chi connectivity index (χ1) is 11.1. The number of hydrogen-bond acceptors (Lipinski definition) is 5. The van der Waals surface area contributed by atoms with Gasteiger partial charge in [-0.05, 0) is 37.3 Å². The molecule has 2 heterocycles. The third kappa shape index (κ3) is 3.16. The van der Waals surface area contributed by atoms with Crippen LogP contribution in [0.2, 0.25) is 0 Å². The molecule has 1 atom stereocenters. The summed E-state index contributed by atoms with van der Waals surface area (Å²) in [7, 11) is 0. The predicted molar refractivity (Wildman–Crippen MR) is 87.2 cm³/mol. The number of aromatic nitrogens is 3. The van der Waals surface area contributed by atoms with E-state index in [4.69, 9.17) is 0 Å². The summed E-state index contributed by atoms with van der Waals surface area (Å²) in [5.41, 5.74) is 2.73. The molecule has 0 spiro atoms. The Hall–Kier alpha value is -2.50. The fraction of sp³-hybridized carbons (Fsp3) is 0.412. The number of carboxylic acids is 1. The van der Waals surface area contributed by atoms with Gasteiger partial charge in [0.15, 0.2) is 5.82 Å². The molecule has 6 heteroatoms. The molecule has 0 saturated heterocycles. The topological polar surface area (TPSA) is 88.0 Å². The molecule has 6 nitrogen and oxygen atoms in total. The number of hydrogen-bond donors (Lipinski definition) is 2. The van der Waals surface area contributed by atoms with Crippen molar-refractivity contribution < 1.29 is 9.90 Å². The molecule has 0 aliphatic heterocycles. The van der Waals surface area contributed by atoms with Crippen LogP contribution in [0.5, 0.6) is 0 Å². The summed E-state index contributed by atoms with van der Waals surface area (Å²) in [4.78, 5) is 25.0. The Labute approximate surface area is 135 Å². The third-order valence-corrected chi connectivity index (χ3v) is 4.05. The van der Waals surface area contributed by atoms with Gasteiger partial charge in [0.25, 0.3) is 0 Å². The highest BCUT2D eigenvalue weighted by atomic mass is 16.4. The summed E-state index contributed by atoms with van der Waals surface area (Å²) in [6.07, 6.45) is 4.49. The van der Waals surface area contributed by atoms with Crippen LogP contribution in [0.25, 0.3) is 11.5 Å². The van der Waals surface area contributed by atoms with Gasteiger partial charge in [0.1, 0.15) is 17.6 Å². The van der Waals surface area contributed by atoms with E-state index < -0.39 is 12.0 Å². The Morgan fingerprint density at radius 1 is 1.26 bits per heavy atom. The standard InChI is InChI=1S/C17H20N4O2/c1-10(2)14(17(22)23)20-15-11-6-5-8-12(11)19-16(21-15)13-7-3-4-9-18-13/h3-4,7,9-10,14H,5-6,8H2,1-2H3,(H,22,23)(H,19,20,21)/t14-/m0/s1. The first kappa shape index (κ1) is 15.4. The van der Waals surface area contributed by atoms with Gasteiger partial charge in [0, 0.05) is 17.5 Å². The molecule has 2 N–H and O–H groups in total. The molecule has 0 radical (unpaired) electrons. The Kier molecular flexibility index (Phi) is 4.23. The minimum Gasteiger partial charge on any atom is -0.480 e. The highest BCUT2D eigenvalue weighted by molar-refractivity contribution is 5.78. The lowest BCUT2D eigenvalue weighted by Gasteiger charge is -2.20. The van der Waals surface area contributed by atoms with Crippen LogP contribution in [0.3, 0.4) is 0 Å². The summed E-state index contributed by atoms with van der Waals surface area (Å²) in [5.74, 6) is 0.262. The van der Waals surface area contributed by atoms with E-state index in [2.05, 4.69) is 20.3 Å². The van der Waals surface area contributed by atoms with Gasteiger partial charge in [-0.25, -0.2) is 14.8 Å². The summed E-state index contributed by atoms with van der Waals surface area (Å²) < 4.78 is 0. The first-order valence-electron chi connectivity index (χ1n) is 7.87. The highest BCUT2D eigenvalue weighted by Gasteiger charge is 2.26. The smallest absolute Gasteiger partial charge is 0.326 e. The van der Waals surface area contributed by atoms with E-state index in [0.717, 1.165) is 30.5 Å². The zero-order chi connectivity index (χ0) is 16.4. The molecule has 120 valence electrons. The van der Waals surface area contributed by atoms with E-state index in [1.807, 2.05) is 32.0 Å². The van der Waals surface area contributed by atoms with Crippen LogP contribution >= 0.6 is 0 Å². The van der Waals surface area contributed by atoms with E-state index in [0.29, 0.717) is 17.3 Å². The first-order valence-corrected chi connectivity index (χ1v) is 7.87. The van der Waals surface area contributed by atoms with E-state index >= 15 is 0 Å². The van der Waals surface area contributed by atoms with Crippen molar-refractivity contribution in [2.24, 2.45) is 5.92 Å². The van der Waals surface area contributed by atoms with Crippen LogP contribution in [-0.2, 0) is 17.6 Å². The van der Waals surface area contributed by atoms with Gasteiger partial charge in [0.2, 0.25) is 0 Å². The van der Waals surface area contributed by atoms with E-state index in [1.165, 1.54) is 0 Å². The second-order valence-corrected chi connectivity index (χ2v) is 6.09. The van der Waals surface area contributed by atoms with Crippen molar-refractivity contribution >= 4 is 11.8 Å². The lowest BCUT2D eigenvalue weighted by atomic mass is 10.0. The third-order valence-electron chi connectivity index (χ3n) is 4.05. The minimum absolute atomic E-state index is 0.0437. The summed E-state index contributed by atoms with van der Waals surface area (Å²) >= 11 is 0. The second-order valence-electron chi connectivity index (χ2n) is 6.09. The number of carboxylic acid groups (broad SMARTS) is 1. The molecule has 1 aliphatic rings. The van der Waals surface area contributed by atoms with Crippen LogP contribution in [-0.4, -0.2) is 32.1 Å². The lowest BCUT2D eigenvalue weighted by molar-refractivity contribution is -0.138. The van der Waals surface area contributed by atoms with Crippen molar-refractivity contribution in [1.29, 1.82) is 0 Å². The number of aryl methyl sites for hydroxylation is 1. The van der Waals surface area contributed by atoms with Gasteiger partial charge in [0.05, 0.1) is 0 Å². The van der Waals surface area contributed by atoms with E-state index in [9.17, 15) is 9.90 Å². The average Bonchev–Trinajstić information content (AvgIpc) is 3.01. The van der Waals surface area contributed by atoms with Crippen molar-refractivity contribution in [3.05, 3.63) is 35.7 Å². The van der Waals surface area contributed by atoms with E-state index in [1.54, 1.807) is 6.20 Å². The summed E-state index contributed by atoms with van der Waals surface area (Å²) in [5, 5.41) is 12.5. The zero-order valence-corrected chi connectivity index (χ0v) is 13.3. The molecule has 1 aliphatic carbocycles. The summed E-state index contributed by atoms with van der Waals surface area (Å²) in [6, 6.07) is 4.92. The number of anilines is 1. The molecule has 0 amide bonds. The number of pyridine rings is 1. The van der Waals surface area contributed by atoms with Gasteiger partial charge < -0.3 is 10.4 Å². The molecule has 2 aromatic rings. The quantitative estimate of drug-likeness (QED) is 0.882. The SMILES string of the molecule is CC(C)[C@H](Nc1nc(-c2ccccn2)nc2c1CCC2)C(=O)O. The fourth-order valence-corrected chi connectivity index (χ4v) is 2.82. The molecule has 0 unspecified atom stereocenters. The Morgan fingerprint density at radius 2 is 2.09 bits per heavy atom.